The lowest BCUT2D eigenvalue weighted by Gasteiger charge is -2.60. The molecule has 2 atom stereocenters. The van der Waals surface area contributed by atoms with E-state index in [4.69, 9.17) is 0 Å². The molecule has 0 aliphatic heterocycles. The van der Waals surface area contributed by atoms with E-state index in [1.165, 1.54) is 50.6 Å². The van der Waals surface area contributed by atoms with Crippen LogP contribution in [0.4, 0.5) is 5.13 Å². The molecule has 1 aromatic rings. The first-order chi connectivity index (χ1) is 11.9. The van der Waals surface area contributed by atoms with Crippen molar-refractivity contribution in [1.82, 2.24) is 4.98 Å². The lowest BCUT2D eigenvalue weighted by Crippen LogP contribution is -2.53. The van der Waals surface area contributed by atoms with Gasteiger partial charge in [-0.05, 0) is 55.8 Å². The highest BCUT2D eigenvalue weighted by Gasteiger charge is 2.57. The van der Waals surface area contributed by atoms with Crippen LogP contribution in [-0.4, -0.2) is 28.3 Å². The third-order valence-electron chi connectivity index (χ3n) is 6.00. The molecule has 0 aromatic carbocycles. The predicted molar refractivity (Wildman–Crippen MR) is 99.9 cm³/mol. The Balaban J connectivity index is 1.39. The number of rotatable bonds is 5. The van der Waals surface area contributed by atoms with E-state index >= 15 is 0 Å². The van der Waals surface area contributed by atoms with Gasteiger partial charge < -0.3 is 10.1 Å². The molecular weight excluding hydrogens is 404 g/mol. The monoisotopic (exact) mass is 426 g/mol. The summed E-state index contributed by atoms with van der Waals surface area (Å²) in [4.78, 5) is 28.3. The first-order valence-corrected chi connectivity index (χ1v) is 10.5. The molecule has 4 saturated carbocycles. The highest BCUT2D eigenvalue weighted by molar-refractivity contribution is 9.10. The van der Waals surface area contributed by atoms with E-state index in [2.05, 4.69) is 31.0 Å². The number of thiazole rings is 1. The minimum atomic E-state index is -0.320. The normalized spacial score (nSPS) is 35.6. The highest BCUT2D eigenvalue weighted by atomic mass is 79.9. The van der Waals surface area contributed by atoms with Gasteiger partial charge in [-0.25, -0.2) is 4.98 Å². The summed E-state index contributed by atoms with van der Waals surface area (Å²) in [5, 5.41) is 5.31. The maximum Gasteiger partial charge on any atom is 0.311 e. The molecule has 5 rings (SSSR count). The second-order valence-corrected chi connectivity index (χ2v) is 10.8. The Hall–Kier alpha value is -0.950. The van der Waals surface area contributed by atoms with Gasteiger partial charge in [-0.1, -0.05) is 15.9 Å². The zero-order valence-electron chi connectivity index (χ0n) is 14.3. The fourth-order valence-electron chi connectivity index (χ4n) is 5.71. The number of carbonyl (C=O) groups excluding carboxylic acids is 2. The van der Waals surface area contributed by atoms with Crippen molar-refractivity contribution in [2.75, 3.05) is 12.4 Å². The van der Waals surface area contributed by atoms with Crippen LogP contribution in [0.2, 0.25) is 0 Å². The lowest BCUT2D eigenvalue weighted by atomic mass is 9.48. The molecule has 0 spiro atoms. The maximum absolute atomic E-state index is 12.6. The average Bonchev–Trinajstić information content (AvgIpc) is 2.90. The topological polar surface area (TPSA) is 68.3 Å². The quantitative estimate of drug-likeness (QED) is 0.571. The van der Waals surface area contributed by atoms with Crippen molar-refractivity contribution in [3.05, 3.63) is 11.1 Å². The second kappa shape index (κ2) is 6.34. The Morgan fingerprint density at radius 2 is 2.08 bits per heavy atom. The van der Waals surface area contributed by atoms with E-state index in [9.17, 15) is 9.59 Å². The van der Waals surface area contributed by atoms with Crippen LogP contribution in [0.1, 0.15) is 50.6 Å². The van der Waals surface area contributed by atoms with E-state index in [0.717, 1.165) is 18.3 Å². The molecule has 0 saturated heterocycles. The fraction of sp³-hybridized carbons (Fsp3) is 0.722. The summed E-state index contributed by atoms with van der Waals surface area (Å²) < 4.78 is 4.92. The zero-order valence-corrected chi connectivity index (χ0v) is 16.7. The van der Waals surface area contributed by atoms with Crippen LogP contribution in [0, 0.1) is 17.3 Å². The molecule has 1 aromatic heterocycles. The Morgan fingerprint density at radius 3 is 2.72 bits per heavy atom. The maximum atomic E-state index is 12.6. The molecular formula is C18H23BrN2O3S. The summed E-state index contributed by atoms with van der Waals surface area (Å²) in [6.07, 6.45) is 8.12. The van der Waals surface area contributed by atoms with Gasteiger partial charge in [0.15, 0.2) is 5.13 Å². The molecule has 4 aliphatic carbocycles. The number of hydrogen-bond donors (Lipinski definition) is 1. The number of halogens is 1. The number of amides is 1. The molecule has 5 nitrogen and oxygen atoms in total. The predicted octanol–water partition coefficient (Wildman–Crippen LogP) is 3.92. The van der Waals surface area contributed by atoms with Crippen molar-refractivity contribution in [1.29, 1.82) is 0 Å². The van der Waals surface area contributed by atoms with E-state index in [1.807, 2.05) is 0 Å². The van der Waals surface area contributed by atoms with Crippen LogP contribution in [0.3, 0.4) is 0 Å². The number of aromatic nitrogens is 1. The number of alkyl halides is 1. The summed E-state index contributed by atoms with van der Waals surface area (Å²) in [7, 11) is 1.36. The van der Waals surface area contributed by atoms with Crippen LogP contribution in [0.5, 0.6) is 0 Å². The summed E-state index contributed by atoms with van der Waals surface area (Å²) in [5.74, 6) is 1.29. The van der Waals surface area contributed by atoms with Gasteiger partial charge in [0.25, 0.3) is 0 Å². The highest BCUT2D eigenvalue weighted by Crippen LogP contribution is 2.65. The molecule has 1 amide bonds. The van der Waals surface area contributed by atoms with Crippen molar-refractivity contribution in [2.45, 2.75) is 55.7 Å². The van der Waals surface area contributed by atoms with E-state index in [1.54, 1.807) is 5.38 Å². The number of anilines is 1. The number of hydrogen-bond acceptors (Lipinski definition) is 5. The standard InChI is InChI=1S/C18H23BrN2O3S/c1-24-15(23)3-13-9-25-16(20-13)21-14(22)8-17-4-11-2-12(5-17)7-18(19,6-11)10-17/h9,11-12H,2-8,10H2,1H3,(H,20,21,22). The van der Waals surface area contributed by atoms with E-state index in [0.29, 0.717) is 17.2 Å². The largest absolute Gasteiger partial charge is 0.469 e. The van der Waals surface area contributed by atoms with E-state index in [-0.39, 0.29) is 28.0 Å². The van der Waals surface area contributed by atoms with Crippen molar-refractivity contribution in [3.63, 3.8) is 0 Å². The minimum absolute atomic E-state index is 0.0528. The first-order valence-electron chi connectivity index (χ1n) is 8.87. The van der Waals surface area contributed by atoms with Crippen molar-refractivity contribution in [2.24, 2.45) is 17.3 Å². The zero-order chi connectivity index (χ0) is 17.7. The van der Waals surface area contributed by atoms with Gasteiger partial charge in [0, 0.05) is 16.1 Å². The molecule has 136 valence electrons. The van der Waals surface area contributed by atoms with Crippen LogP contribution < -0.4 is 5.32 Å². The van der Waals surface area contributed by atoms with Gasteiger partial charge >= 0.3 is 5.97 Å². The molecule has 4 aliphatic rings. The van der Waals surface area contributed by atoms with Crippen molar-refractivity contribution >= 4 is 44.3 Å². The SMILES string of the molecule is COC(=O)Cc1csc(NC(=O)CC23CC4CC(CC(Br)(C4)C2)C3)n1. The fourth-order valence-corrected chi connectivity index (χ4v) is 7.95. The minimum Gasteiger partial charge on any atom is -0.469 e. The van der Waals surface area contributed by atoms with Crippen molar-refractivity contribution < 1.29 is 14.3 Å². The second-order valence-electron chi connectivity index (χ2n) is 8.23. The van der Waals surface area contributed by atoms with Gasteiger partial charge in [0.1, 0.15) is 0 Å². The molecule has 7 heteroatoms. The Morgan fingerprint density at radius 1 is 1.36 bits per heavy atom. The van der Waals surface area contributed by atoms with Gasteiger partial charge in [-0.3, -0.25) is 9.59 Å². The molecule has 4 bridgehead atoms. The number of esters is 1. The molecule has 4 fully saturated rings. The van der Waals surface area contributed by atoms with Gasteiger partial charge in [0.05, 0.1) is 19.2 Å². The average molecular weight is 427 g/mol. The first kappa shape index (κ1) is 17.5. The third kappa shape index (κ3) is 3.63. The molecule has 0 radical (unpaired) electrons. The summed E-state index contributed by atoms with van der Waals surface area (Å²) in [6.45, 7) is 0. The summed E-state index contributed by atoms with van der Waals surface area (Å²) in [5.41, 5.74) is 0.797. The number of nitrogens with zero attached hydrogens (tertiary/aromatic N) is 1. The van der Waals surface area contributed by atoms with Crippen LogP contribution in [0.25, 0.3) is 0 Å². The smallest absolute Gasteiger partial charge is 0.311 e. The van der Waals surface area contributed by atoms with Gasteiger partial charge in [-0.15, -0.1) is 11.3 Å². The number of ether oxygens (including phenoxy) is 1. The van der Waals surface area contributed by atoms with Crippen LogP contribution in [0.15, 0.2) is 5.38 Å². The Bertz CT molecular complexity index is 690. The van der Waals surface area contributed by atoms with E-state index < -0.39 is 0 Å². The van der Waals surface area contributed by atoms with Crippen LogP contribution >= 0.6 is 27.3 Å². The molecule has 25 heavy (non-hydrogen) atoms. The Labute approximate surface area is 160 Å². The lowest BCUT2D eigenvalue weighted by molar-refractivity contribution is -0.139. The number of methoxy groups -OCH3 is 1. The summed E-state index contributed by atoms with van der Waals surface area (Å²) in [6, 6.07) is 0. The molecule has 2 unspecified atom stereocenters. The number of carbonyl (C=O) groups is 2. The Kier molecular flexibility index (Phi) is 4.43. The molecule has 1 N–H and O–H groups in total. The third-order valence-corrected chi connectivity index (χ3v) is 7.73. The summed E-state index contributed by atoms with van der Waals surface area (Å²) >= 11 is 5.36. The molecule has 1 heterocycles. The van der Waals surface area contributed by atoms with Gasteiger partial charge in [0.2, 0.25) is 5.91 Å². The number of nitrogens with one attached hydrogen (secondary N) is 1. The van der Waals surface area contributed by atoms with Crippen molar-refractivity contribution in [3.8, 4) is 0 Å². The van der Waals surface area contributed by atoms with Gasteiger partial charge in [-0.2, -0.15) is 0 Å². The van der Waals surface area contributed by atoms with Crippen LogP contribution in [-0.2, 0) is 20.7 Å².